The quantitative estimate of drug-likeness (QED) is 0.414. The minimum absolute atomic E-state index is 0.195. The van der Waals surface area contributed by atoms with Crippen LogP contribution in [0, 0.1) is 12.8 Å². The molecule has 1 heterocycles. The Morgan fingerprint density at radius 2 is 1.97 bits per heavy atom. The van der Waals surface area contributed by atoms with Crippen LogP contribution < -0.4 is 4.90 Å². The largest absolute Gasteiger partial charge is 0.481 e. The number of benzene rings is 2. The lowest BCUT2D eigenvalue weighted by Gasteiger charge is -2.23. The Kier molecular flexibility index (Phi) is 7.03. The average Bonchev–Trinajstić information content (AvgIpc) is 3.22. The van der Waals surface area contributed by atoms with Crippen LogP contribution in [0.15, 0.2) is 59.1 Å². The number of halogens is 1. The molecule has 7 nitrogen and oxygen atoms in total. The van der Waals surface area contributed by atoms with Gasteiger partial charge in [-0.3, -0.25) is 4.79 Å². The maximum absolute atomic E-state index is 13.0. The minimum Gasteiger partial charge on any atom is -0.481 e. The molecule has 176 valence electrons. The summed E-state index contributed by atoms with van der Waals surface area (Å²) in [6.45, 7) is 3.66. The molecule has 1 aliphatic rings. The van der Waals surface area contributed by atoms with Crippen LogP contribution in [0.25, 0.3) is 16.8 Å². The van der Waals surface area contributed by atoms with E-state index in [4.69, 9.17) is 20.9 Å². The molecule has 1 aliphatic carbocycles. The van der Waals surface area contributed by atoms with Gasteiger partial charge in [-0.2, -0.15) is 0 Å². The molecule has 3 aromatic rings. The highest BCUT2D eigenvalue weighted by Crippen LogP contribution is 2.41. The van der Waals surface area contributed by atoms with E-state index in [0.29, 0.717) is 47.1 Å². The molecule has 0 spiro atoms. The zero-order valence-corrected chi connectivity index (χ0v) is 19.7. The van der Waals surface area contributed by atoms with E-state index in [1.165, 1.54) is 4.90 Å². The Morgan fingerprint density at radius 1 is 1.21 bits per heavy atom. The van der Waals surface area contributed by atoms with Crippen LogP contribution in [0.3, 0.4) is 0 Å². The average molecular weight is 481 g/mol. The molecule has 1 amide bonds. The summed E-state index contributed by atoms with van der Waals surface area (Å²) in [5, 5.41) is 13.9. The van der Waals surface area contributed by atoms with Gasteiger partial charge in [-0.1, -0.05) is 53.2 Å². The van der Waals surface area contributed by atoms with Crippen molar-refractivity contribution in [2.75, 3.05) is 11.5 Å². The number of amides is 1. The smallest absolute Gasteiger partial charge is 0.419 e. The molecule has 0 aliphatic heterocycles. The second-order valence-corrected chi connectivity index (χ2v) is 8.45. The lowest BCUT2D eigenvalue weighted by molar-refractivity contribution is -0.141. The van der Waals surface area contributed by atoms with E-state index in [9.17, 15) is 14.7 Å². The number of carbonyl (C=O) groups excluding carboxylic acids is 1. The van der Waals surface area contributed by atoms with Gasteiger partial charge in [-0.15, -0.1) is 0 Å². The van der Waals surface area contributed by atoms with E-state index in [0.717, 1.165) is 16.7 Å². The van der Waals surface area contributed by atoms with Gasteiger partial charge in [0.25, 0.3) is 0 Å². The molecular formula is C26H25ClN2O5. The summed E-state index contributed by atoms with van der Waals surface area (Å²) in [6, 6.07) is 14.8. The highest BCUT2D eigenvalue weighted by Gasteiger charge is 2.30. The number of aliphatic carboxylic acids is 1. The molecular weight excluding hydrogens is 456 g/mol. The van der Waals surface area contributed by atoms with Crippen LogP contribution in [0.2, 0.25) is 5.02 Å². The van der Waals surface area contributed by atoms with E-state index < -0.39 is 12.1 Å². The SMILES string of the molecule is CCOC(=O)N(c1ccccc1Cl)c1c(-c2cccc(C3=CCC(C(=O)O)CC3)c2)noc1C. The van der Waals surface area contributed by atoms with E-state index in [2.05, 4.69) is 5.16 Å². The van der Waals surface area contributed by atoms with Crippen molar-refractivity contribution >= 4 is 40.6 Å². The number of aryl methyl sites for hydroxylation is 1. The first kappa shape index (κ1) is 23.6. The number of para-hydroxylation sites is 1. The zero-order valence-electron chi connectivity index (χ0n) is 19.0. The Morgan fingerprint density at radius 3 is 2.65 bits per heavy atom. The number of carboxylic acid groups (broad SMARTS) is 1. The highest BCUT2D eigenvalue weighted by atomic mass is 35.5. The monoisotopic (exact) mass is 480 g/mol. The molecule has 34 heavy (non-hydrogen) atoms. The van der Waals surface area contributed by atoms with E-state index in [1.54, 1.807) is 38.1 Å². The number of anilines is 2. The molecule has 1 aromatic heterocycles. The second kappa shape index (κ2) is 10.1. The molecule has 1 N–H and O–H groups in total. The Labute approximate surface area is 202 Å². The molecule has 1 atom stereocenters. The third-order valence-electron chi connectivity index (χ3n) is 5.87. The van der Waals surface area contributed by atoms with Crippen molar-refractivity contribution in [3.8, 4) is 11.3 Å². The summed E-state index contributed by atoms with van der Waals surface area (Å²) in [4.78, 5) is 25.7. The first-order chi connectivity index (χ1) is 16.4. The summed E-state index contributed by atoms with van der Waals surface area (Å²) in [7, 11) is 0. The van der Waals surface area contributed by atoms with Gasteiger partial charge in [0, 0.05) is 5.56 Å². The number of hydrogen-bond acceptors (Lipinski definition) is 5. The number of aromatic nitrogens is 1. The van der Waals surface area contributed by atoms with Crippen molar-refractivity contribution in [1.29, 1.82) is 0 Å². The molecule has 2 aromatic carbocycles. The molecule has 0 saturated heterocycles. The first-order valence-corrected chi connectivity index (χ1v) is 11.5. The van der Waals surface area contributed by atoms with Crippen molar-refractivity contribution in [2.45, 2.75) is 33.1 Å². The van der Waals surface area contributed by atoms with Gasteiger partial charge >= 0.3 is 12.1 Å². The standard InChI is InChI=1S/C26H25ClN2O5/c1-3-33-26(32)29(22-10-5-4-9-21(22)27)24-16(2)34-28-23(24)20-8-6-7-19(15-20)17-11-13-18(14-12-17)25(30)31/h4-11,15,18H,3,12-14H2,1-2H3,(H,30,31). The number of carboxylic acids is 1. The van der Waals surface area contributed by atoms with Crippen molar-refractivity contribution < 1.29 is 24.0 Å². The summed E-state index contributed by atoms with van der Waals surface area (Å²) in [5.41, 5.74) is 4.22. The van der Waals surface area contributed by atoms with Crippen LogP contribution in [0.5, 0.6) is 0 Å². The topological polar surface area (TPSA) is 92.9 Å². The Bertz CT molecular complexity index is 1250. The molecule has 0 fully saturated rings. The van der Waals surface area contributed by atoms with Crippen LogP contribution in [0.4, 0.5) is 16.2 Å². The van der Waals surface area contributed by atoms with Crippen LogP contribution in [-0.4, -0.2) is 28.9 Å². The fraction of sp³-hybridized carbons (Fsp3) is 0.269. The molecule has 0 radical (unpaired) electrons. The van der Waals surface area contributed by atoms with E-state index in [1.807, 2.05) is 30.3 Å². The van der Waals surface area contributed by atoms with E-state index in [-0.39, 0.29) is 12.5 Å². The van der Waals surface area contributed by atoms with Gasteiger partial charge in [0.2, 0.25) is 0 Å². The van der Waals surface area contributed by atoms with Gasteiger partial charge in [0.1, 0.15) is 11.4 Å². The molecule has 4 rings (SSSR count). The van der Waals surface area contributed by atoms with Crippen LogP contribution in [0.1, 0.15) is 37.5 Å². The molecule has 1 unspecified atom stereocenters. The van der Waals surface area contributed by atoms with Crippen molar-refractivity contribution in [2.24, 2.45) is 5.92 Å². The maximum Gasteiger partial charge on any atom is 0.419 e. The number of carbonyl (C=O) groups is 2. The van der Waals surface area contributed by atoms with Gasteiger partial charge in [0.15, 0.2) is 5.76 Å². The van der Waals surface area contributed by atoms with Crippen molar-refractivity contribution in [1.82, 2.24) is 5.16 Å². The lowest BCUT2D eigenvalue weighted by Crippen LogP contribution is -2.27. The van der Waals surface area contributed by atoms with Crippen molar-refractivity contribution in [3.63, 3.8) is 0 Å². The molecule has 0 bridgehead atoms. The number of rotatable bonds is 6. The Balaban J connectivity index is 1.77. The third-order valence-corrected chi connectivity index (χ3v) is 6.19. The van der Waals surface area contributed by atoms with Crippen LogP contribution >= 0.6 is 11.6 Å². The summed E-state index contributed by atoms with van der Waals surface area (Å²) < 4.78 is 10.9. The Hall–Kier alpha value is -3.58. The van der Waals surface area contributed by atoms with Gasteiger partial charge in [-0.25, -0.2) is 9.69 Å². The number of nitrogens with zero attached hydrogens (tertiary/aromatic N) is 2. The number of ether oxygens (including phenoxy) is 1. The summed E-state index contributed by atoms with van der Waals surface area (Å²) in [6.07, 6.45) is 3.19. The zero-order chi connectivity index (χ0) is 24.2. The van der Waals surface area contributed by atoms with Gasteiger partial charge in [0.05, 0.1) is 23.2 Å². The predicted octanol–water partition coefficient (Wildman–Crippen LogP) is 6.87. The minimum atomic E-state index is -0.759. The predicted molar refractivity (Wildman–Crippen MR) is 130 cm³/mol. The number of hydrogen-bond donors (Lipinski definition) is 1. The molecule has 0 saturated carbocycles. The summed E-state index contributed by atoms with van der Waals surface area (Å²) in [5.74, 6) is -0.662. The van der Waals surface area contributed by atoms with E-state index >= 15 is 0 Å². The summed E-state index contributed by atoms with van der Waals surface area (Å²) >= 11 is 6.44. The third kappa shape index (κ3) is 4.70. The fourth-order valence-corrected chi connectivity index (χ4v) is 4.36. The van der Waals surface area contributed by atoms with Crippen LogP contribution in [-0.2, 0) is 9.53 Å². The van der Waals surface area contributed by atoms with Gasteiger partial charge < -0.3 is 14.4 Å². The highest BCUT2D eigenvalue weighted by molar-refractivity contribution is 6.34. The van der Waals surface area contributed by atoms with Gasteiger partial charge in [-0.05, 0) is 62.4 Å². The normalized spacial score (nSPS) is 15.5. The molecule has 8 heteroatoms. The first-order valence-electron chi connectivity index (χ1n) is 11.1. The maximum atomic E-state index is 13.0. The second-order valence-electron chi connectivity index (χ2n) is 8.04. The van der Waals surface area contributed by atoms with Crippen molar-refractivity contribution in [3.05, 3.63) is 71.0 Å². The lowest BCUT2D eigenvalue weighted by atomic mass is 9.86. The fourth-order valence-electron chi connectivity index (χ4n) is 4.14. The number of allylic oxidation sites excluding steroid dienone is 2.